The van der Waals surface area contributed by atoms with Gasteiger partial charge in [-0.2, -0.15) is 0 Å². The molecular formula is C18H18BrClN2O5S. The number of nitrogens with one attached hydrogen (secondary N) is 2. The summed E-state index contributed by atoms with van der Waals surface area (Å²) >= 11 is 9.27. The van der Waals surface area contributed by atoms with Crippen LogP contribution in [-0.4, -0.2) is 32.9 Å². The zero-order chi connectivity index (χ0) is 20.9. The van der Waals surface area contributed by atoms with Gasteiger partial charge in [0.2, 0.25) is 10.0 Å². The lowest BCUT2D eigenvalue weighted by molar-refractivity contribution is -0.119. The predicted octanol–water partition coefficient (Wildman–Crippen LogP) is 3.58. The molecule has 0 unspecified atom stereocenters. The number of sulfonamides is 1. The van der Waals surface area contributed by atoms with Crippen LogP contribution in [0.3, 0.4) is 0 Å². The number of ether oxygens (including phenoxy) is 1. The quantitative estimate of drug-likeness (QED) is 0.579. The molecule has 0 aromatic heterocycles. The minimum absolute atomic E-state index is 0.0281. The van der Waals surface area contributed by atoms with Crippen molar-refractivity contribution in [2.75, 3.05) is 11.9 Å². The predicted molar refractivity (Wildman–Crippen MR) is 110 cm³/mol. The number of halogens is 2. The molecule has 0 aliphatic carbocycles. The number of rotatable bonds is 7. The fourth-order valence-corrected chi connectivity index (χ4v) is 4.11. The van der Waals surface area contributed by atoms with Crippen LogP contribution < -0.4 is 10.0 Å². The smallest absolute Gasteiger partial charge is 0.338 e. The van der Waals surface area contributed by atoms with Gasteiger partial charge in [-0.1, -0.05) is 27.5 Å². The standard InChI is InChI=1S/C18H18BrClN2O5S/c1-11(2)22-28(25,26)14-6-3-12(4-7-14)18(24)27-10-17(23)21-16-8-5-13(19)9-15(16)20/h3-9,11,22H,10H2,1-2H3,(H,21,23). The summed E-state index contributed by atoms with van der Waals surface area (Å²) in [6.07, 6.45) is 0. The van der Waals surface area contributed by atoms with Crippen LogP contribution in [0.25, 0.3) is 0 Å². The van der Waals surface area contributed by atoms with Crippen LogP contribution in [0.1, 0.15) is 24.2 Å². The van der Waals surface area contributed by atoms with Crippen molar-refractivity contribution in [2.24, 2.45) is 0 Å². The molecule has 0 fully saturated rings. The molecule has 28 heavy (non-hydrogen) atoms. The first kappa shape index (κ1) is 22.4. The van der Waals surface area contributed by atoms with E-state index in [2.05, 4.69) is 26.0 Å². The molecule has 2 aromatic carbocycles. The van der Waals surface area contributed by atoms with Crippen LogP contribution in [-0.2, 0) is 19.6 Å². The molecule has 2 N–H and O–H groups in total. The van der Waals surface area contributed by atoms with Crippen LogP contribution in [0.4, 0.5) is 5.69 Å². The van der Waals surface area contributed by atoms with E-state index < -0.39 is 28.5 Å². The zero-order valence-corrected chi connectivity index (χ0v) is 18.2. The second-order valence-electron chi connectivity index (χ2n) is 6.05. The minimum atomic E-state index is -3.65. The Kier molecular flexibility index (Phi) is 7.59. The van der Waals surface area contributed by atoms with Crippen LogP contribution in [0.5, 0.6) is 0 Å². The lowest BCUT2D eigenvalue weighted by Crippen LogP contribution is -2.30. The van der Waals surface area contributed by atoms with Gasteiger partial charge in [0, 0.05) is 10.5 Å². The second kappa shape index (κ2) is 9.51. The highest BCUT2D eigenvalue weighted by Gasteiger charge is 2.17. The Hall–Kier alpha value is -1.94. The van der Waals surface area contributed by atoms with E-state index in [0.717, 1.165) is 4.47 Å². The molecule has 0 saturated carbocycles. The van der Waals surface area contributed by atoms with Gasteiger partial charge in [-0.25, -0.2) is 17.9 Å². The summed E-state index contributed by atoms with van der Waals surface area (Å²) in [6.45, 7) is 2.89. The SMILES string of the molecule is CC(C)NS(=O)(=O)c1ccc(C(=O)OCC(=O)Nc2ccc(Br)cc2Cl)cc1. The second-order valence-corrected chi connectivity index (χ2v) is 9.09. The van der Waals surface area contributed by atoms with Crippen LogP contribution in [0, 0.1) is 0 Å². The first-order chi connectivity index (χ1) is 13.1. The Balaban J connectivity index is 1.95. The maximum Gasteiger partial charge on any atom is 0.338 e. The van der Waals surface area contributed by atoms with Crippen LogP contribution >= 0.6 is 27.5 Å². The fraction of sp³-hybridized carbons (Fsp3) is 0.222. The third-order valence-corrected chi connectivity index (χ3v) is 5.81. The van der Waals surface area contributed by atoms with Crippen LogP contribution in [0.2, 0.25) is 5.02 Å². The highest BCUT2D eigenvalue weighted by atomic mass is 79.9. The number of benzene rings is 2. The lowest BCUT2D eigenvalue weighted by Gasteiger charge is -2.10. The Morgan fingerprint density at radius 1 is 1.14 bits per heavy atom. The van der Waals surface area contributed by atoms with E-state index in [9.17, 15) is 18.0 Å². The van der Waals surface area contributed by atoms with Crippen molar-refractivity contribution in [3.63, 3.8) is 0 Å². The van der Waals surface area contributed by atoms with Gasteiger partial charge in [-0.05, 0) is 56.3 Å². The summed E-state index contributed by atoms with van der Waals surface area (Å²) in [7, 11) is -3.65. The van der Waals surface area contributed by atoms with E-state index in [1.807, 2.05) is 0 Å². The lowest BCUT2D eigenvalue weighted by atomic mass is 10.2. The number of hydrogen-bond acceptors (Lipinski definition) is 5. The highest BCUT2D eigenvalue weighted by molar-refractivity contribution is 9.10. The monoisotopic (exact) mass is 488 g/mol. The molecule has 0 spiro atoms. The molecule has 10 heteroatoms. The van der Waals surface area contributed by atoms with Crippen molar-refractivity contribution in [3.8, 4) is 0 Å². The third kappa shape index (κ3) is 6.30. The summed E-state index contributed by atoms with van der Waals surface area (Å²) < 4.78 is 32.3. The summed E-state index contributed by atoms with van der Waals surface area (Å²) in [6, 6.07) is 9.90. The highest BCUT2D eigenvalue weighted by Crippen LogP contribution is 2.25. The summed E-state index contributed by atoms with van der Waals surface area (Å²) in [5.74, 6) is -1.31. The Labute approximate surface area is 176 Å². The van der Waals surface area contributed by atoms with Gasteiger partial charge in [-0.3, -0.25) is 4.79 Å². The summed E-state index contributed by atoms with van der Waals surface area (Å²) in [4.78, 5) is 24.0. The molecule has 2 aromatic rings. The molecule has 1 amide bonds. The average Bonchev–Trinajstić information content (AvgIpc) is 2.61. The van der Waals surface area contributed by atoms with Gasteiger partial charge < -0.3 is 10.1 Å². The van der Waals surface area contributed by atoms with E-state index in [1.54, 1.807) is 32.0 Å². The van der Waals surface area contributed by atoms with Crippen molar-refractivity contribution >= 4 is 55.1 Å². The number of amides is 1. The summed E-state index contributed by atoms with van der Waals surface area (Å²) in [5, 5.41) is 2.87. The molecule has 0 radical (unpaired) electrons. The minimum Gasteiger partial charge on any atom is -0.452 e. The van der Waals surface area contributed by atoms with E-state index >= 15 is 0 Å². The first-order valence-corrected chi connectivity index (χ1v) is 10.8. The molecule has 150 valence electrons. The van der Waals surface area contributed by atoms with E-state index in [-0.39, 0.29) is 16.5 Å². The number of carbonyl (C=O) groups excluding carboxylic acids is 2. The van der Waals surface area contributed by atoms with E-state index in [4.69, 9.17) is 16.3 Å². The molecule has 0 aliphatic rings. The number of hydrogen-bond donors (Lipinski definition) is 2. The molecular weight excluding hydrogens is 472 g/mol. The van der Waals surface area contributed by atoms with Gasteiger partial charge in [0.1, 0.15) is 0 Å². The average molecular weight is 490 g/mol. The number of carbonyl (C=O) groups is 2. The van der Waals surface area contributed by atoms with Crippen molar-refractivity contribution < 1.29 is 22.7 Å². The van der Waals surface area contributed by atoms with Gasteiger partial charge >= 0.3 is 5.97 Å². The molecule has 2 rings (SSSR count). The van der Waals surface area contributed by atoms with E-state index in [0.29, 0.717) is 10.7 Å². The molecule has 0 atom stereocenters. The molecule has 0 heterocycles. The van der Waals surface area contributed by atoms with Crippen molar-refractivity contribution in [1.82, 2.24) is 4.72 Å². The Morgan fingerprint density at radius 2 is 1.79 bits per heavy atom. The molecule has 0 saturated heterocycles. The third-order valence-electron chi connectivity index (χ3n) is 3.33. The number of anilines is 1. The van der Waals surface area contributed by atoms with Gasteiger partial charge in [-0.15, -0.1) is 0 Å². The van der Waals surface area contributed by atoms with Gasteiger partial charge in [0.15, 0.2) is 6.61 Å². The van der Waals surface area contributed by atoms with Gasteiger partial charge in [0.25, 0.3) is 5.91 Å². The van der Waals surface area contributed by atoms with Crippen molar-refractivity contribution in [1.29, 1.82) is 0 Å². The Morgan fingerprint density at radius 3 is 2.36 bits per heavy atom. The van der Waals surface area contributed by atoms with Gasteiger partial charge in [0.05, 0.1) is 21.2 Å². The fourth-order valence-electron chi connectivity index (χ4n) is 2.14. The molecule has 0 bridgehead atoms. The van der Waals surface area contributed by atoms with Crippen molar-refractivity contribution in [2.45, 2.75) is 24.8 Å². The largest absolute Gasteiger partial charge is 0.452 e. The molecule has 0 aliphatic heterocycles. The Bertz CT molecular complexity index is 978. The topological polar surface area (TPSA) is 102 Å². The maximum absolute atomic E-state index is 12.1. The first-order valence-electron chi connectivity index (χ1n) is 8.13. The van der Waals surface area contributed by atoms with Crippen LogP contribution in [0.15, 0.2) is 51.8 Å². The normalized spacial score (nSPS) is 11.3. The number of esters is 1. The molecule has 7 nitrogen and oxygen atoms in total. The van der Waals surface area contributed by atoms with Crippen molar-refractivity contribution in [3.05, 3.63) is 57.5 Å². The summed E-state index contributed by atoms with van der Waals surface area (Å²) in [5.41, 5.74) is 0.510. The zero-order valence-electron chi connectivity index (χ0n) is 15.0. The van der Waals surface area contributed by atoms with E-state index in [1.165, 1.54) is 24.3 Å². The maximum atomic E-state index is 12.1.